The predicted molar refractivity (Wildman–Crippen MR) is 122 cm³/mol. The number of allylic oxidation sites excluding steroid dienone is 2. The largest absolute Gasteiger partial charge is 0.497 e. The Bertz CT molecular complexity index is 1110. The molecule has 29 heavy (non-hydrogen) atoms. The predicted octanol–water partition coefficient (Wildman–Crippen LogP) is 7.44. The van der Waals surface area contributed by atoms with Crippen LogP contribution in [-0.4, -0.2) is 7.11 Å². The van der Waals surface area contributed by atoms with Gasteiger partial charge in [0.25, 0.3) is 0 Å². The van der Waals surface area contributed by atoms with Crippen LogP contribution in [0.25, 0.3) is 23.0 Å². The van der Waals surface area contributed by atoms with E-state index in [9.17, 15) is 0 Å². The summed E-state index contributed by atoms with van der Waals surface area (Å²) < 4.78 is 11.4. The molecular formula is C26H21O2S+. The highest BCUT2D eigenvalue weighted by Crippen LogP contribution is 2.33. The molecule has 0 saturated heterocycles. The van der Waals surface area contributed by atoms with Gasteiger partial charge in [-0.2, -0.15) is 4.42 Å². The van der Waals surface area contributed by atoms with Crippen LogP contribution in [0.2, 0.25) is 0 Å². The summed E-state index contributed by atoms with van der Waals surface area (Å²) in [4.78, 5) is 0. The number of hydrogen-bond acceptors (Lipinski definition) is 2. The Labute approximate surface area is 175 Å². The van der Waals surface area contributed by atoms with Crippen molar-refractivity contribution in [1.82, 2.24) is 0 Å². The topological polar surface area (TPSA) is 20.5 Å². The highest BCUT2D eigenvalue weighted by atomic mass is 32.1. The lowest BCUT2D eigenvalue weighted by Gasteiger charge is -1.99. The highest BCUT2D eigenvalue weighted by molar-refractivity contribution is 7.10. The van der Waals surface area contributed by atoms with E-state index in [-0.39, 0.29) is 0 Å². The quantitative estimate of drug-likeness (QED) is 0.249. The summed E-state index contributed by atoms with van der Waals surface area (Å²) in [5.41, 5.74) is 4.37. The molecule has 4 rings (SSSR count). The average molecular weight is 398 g/mol. The van der Waals surface area contributed by atoms with Crippen LogP contribution in [0.15, 0.2) is 107 Å². The van der Waals surface area contributed by atoms with Gasteiger partial charge in [-0.25, -0.2) is 0 Å². The zero-order valence-electron chi connectivity index (χ0n) is 16.1. The molecule has 0 spiro atoms. The second-order valence-corrected chi connectivity index (χ2v) is 7.28. The Hall–Kier alpha value is -3.43. The number of methoxy groups -OCH3 is 1. The minimum Gasteiger partial charge on any atom is -0.497 e. The van der Waals surface area contributed by atoms with Crippen molar-refractivity contribution in [3.05, 3.63) is 119 Å². The third-order valence-electron chi connectivity index (χ3n) is 4.51. The van der Waals surface area contributed by atoms with Crippen molar-refractivity contribution >= 4 is 23.0 Å². The maximum atomic E-state index is 6.22. The van der Waals surface area contributed by atoms with Gasteiger partial charge >= 0.3 is 10.8 Å². The maximum absolute atomic E-state index is 6.22. The Kier molecular flexibility index (Phi) is 5.98. The summed E-state index contributed by atoms with van der Waals surface area (Å²) in [6.45, 7) is 0. The summed E-state index contributed by atoms with van der Waals surface area (Å²) in [6, 6.07) is 28.5. The monoisotopic (exact) mass is 397 g/mol. The van der Waals surface area contributed by atoms with E-state index in [2.05, 4.69) is 47.9 Å². The zero-order valence-corrected chi connectivity index (χ0v) is 16.9. The van der Waals surface area contributed by atoms with Gasteiger partial charge in [0.1, 0.15) is 11.1 Å². The van der Waals surface area contributed by atoms with E-state index in [0.717, 1.165) is 38.8 Å². The summed E-state index contributed by atoms with van der Waals surface area (Å²) in [7, 11) is 1.67. The third-order valence-corrected chi connectivity index (χ3v) is 5.36. The smallest absolute Gasteiger partial charge is 0.418 e. The summed E-state index contributed by atoms with van der Waals surface area (Å²) >= 11 is 1.61. The first kappa shape index (κ1) is 18.9. The van der Waals surface area contributed by atoms with Crippen molar-refractivity contribution in [2.45, 2.75) is 0 Å². The molecule has 0 bridgehead atoms. The van der Waals surface area contributed by atoms with Crippen LogP contribution in [0.5, 0.6) is 5.75 Å². The molecule has 1 heterocycles. The van der Waals surface area contributed by atoms with E-state index < -0.39 is 0 Å². The van der Waals surface area contributed by atoms with Crippen LogP contribution >= 0.6 is 11.3 Å². The Morgan fingerprint density at radius 1 is 0.862 bits per heavy atom. The summed E-state index contributed by atoms with van der Waals surface area (Å²) in [5.74, 6) is 1.74. The zero-order chi connectivity index (χ0) is 19.9. The Balaban J connectivity index is 1.66. The first-order valence-electron chi connectivity index (χ1n) is 9.39. The maximum Gasteiger partial charge on any atom is 0.418 e. The molecule has 3 aromatic carbocycles. The minimum atomic E-state index is 0.855. The normalized spacial score (nSPS) is 11.7. The summed E-state index contributed by atoms with van der Waals surface area (Å²) in [5, 5.41) is 2.95. The van der Waals surface area contributed by atoms with E-state index in [4.69, 9.17) is 9.15 Å². The third kappa shape index (κ3) is 4.71. The van der Waals surface area contributed by atoms with Crippen LogP contribution in [0.1, 0.15) is 16.2 Å². The number of benzene rings is 3. The lowest BCUT2D eigenvalue weighted by atomic mass is 10.1. The highest BCUT2D eigenvalue weighted by Gasteiger charge is 2.23. The van der Waals surface area contributed by atoms with Crippen molar-refractivity contribution in [3.63, 3.8) is 0 Å². The molecule has 0 unspecified atom stereocenters. The van der Waals surface area contributed by atoms with Crippen LogP contribution in [0.3, 0.4) is 0 Å². The van der Waals surface area contributed by atoms with Gasteiger partial charge in [0.05, 0.1) is 18.2 Å². The van der Waals surface area contributed by atoms with Crippen LogP contribution in [-0.2, 0) is 0 Å². The fourth-order valence-electron chi connectivity index (χ4n) is 2.97. The van der Waals surface area contributed by atoms with Crippen LogP contribution in [0.4, 0.5) is 0 Å². The Morgan fingerprint density at radius 2 is 1.55 bits per heavy atom. The molecule has 0 amide bonds. The molecule has 0 atom stereocenters. The first-order chi connectivity index (χ1) is 14.3. The van der Waals surface area contributed by atoms with Crippen LogP contribution < -0.4 is 4.74 Å². The molecular weight excluding hydrogens is 376 g/mol. The van der Waals surface area contributed by atoms with Crippen molar-refractivity contribution in [1.29, 1.82) is 0 Å². The van der Waals surface area contributed by atoms with Crippen molar-refractivity contribution in [3.8, 4) is 17.1 Å². The molecule has 0 aliphatic carbocycles. The van der Waals surface area contributed by atoms with E-state index in [1.165, 1.54) is 0 Å². The summed E-state index contributed by atoms with van der Waals surface area (Å²) in [6.07, 6.45) is 6.24. The van der Waals surface area contributed by atoms with Crippen molar-refractivity contribution < 1.29 is 9.15 Å². The van der Waals surface area contributed by atoms with Gasteiger partial charge in [-0.15, -0.1) is 0 Å². The second kappa shape index (κ2) is 9.18. The van der Waals surface area contributed by atoms with Crippen molar-refractivity contribution in [2.24, 2.45) is 0 Å². The standard InChI is InChI=1S/C26H21O2S/c1-27-23-17-15-20(16-18-23)9-8-14-24(21-10-4-2-5-11-21)26-28-25(19-29-26)22-12-6-3-7-13-22/h2-19H,1H3/q+1/b9-8+,24-14+. The minimum absolute atomic E-state index is 0.855. The average Bonchev–Trinajstić information content (AvgIpc) is 3.28. The molecule has 3 heteroatoms. The molecule has 0 radical (unpaired) electrons. The Morgan fingerprint density at radius 3 is 2.24 bits per heavy atom. The molecule has 142 valence electrons. The van der Waals surface area contributed by atoms with Gasteiger partial charge in [-0.3, -0.25) is 0 Å². The van der Waals surface area contributed by atoms with Gasteiger partial charge < -0.3 is 4.74 Å². The molecule has 0 aliphatic rings. The van der Waals surface area contributed by atoms with E-state index in [1.807, 2.05) is 60.7 Å². The van der Waals surface area contributed by atoms with Gasteiger partial charge in [0, 0.05) is 0 Å². The fourth-order valence-corrected chi connectivity index (χ4v) is 3.82. The van der Waals surface area contributed by atoms with Crippen molar-refractivity contribution in [2.75, 3.05) is 7.11 Å². The van der Waals surface area contributed by atoms with Gasteiger partial charge in [0.15, 0.2) is 0 Å². The van der Waals surface area contributed by atoms with E-state index >= 15 is 0 Å². The van der Waals surface area contributed by atoms with Crippen LogP contribution in [0, 0.1) is 0 Å². The molecule has 1 aromatic heterocycles. The van der Waals surface area contributed by atoms with E-state index in [0.29, 0.717) is 0 Å². The number of ether oxygens (including phenoxy) is 1. The first-order valence-corrected chi connectivity index (χ1v) is 10.3. The van der Waals surface area contributed by atoms with E-state index in [1.54, 1.807) is 18.4 Å². The van der Waals surface area contributed by atoms with Gasteiger partial charge in [0.2, 0.25) is 0 Å². The molecule has 2 nitrogen and oxygen atoms in total. The van der Waals surface area contributed by atoms with Gasteiger partial charge in [-0.1, -0.05) is 72.8 Å². The lowest BCUT2D eigenvalue weighted by Crippen LogP contribution is -1.84. The fraction of sp³-hybridized carbons (Fsp3) is 0.0385. The lowest BCUT2D eigenvalue weighted by molar-refractivity contribution is 0.415. The molecule has 0 fully saturated rings. The number of rotatable bonds is 6. The molecule has 0 saturated carbocycles. The molecule has 0 aliphatic heterocycles. The van der Waals surface area contributed by atoms with Gasteiger partial charge in [-0.05, 0) is 52.8 Å². The second-order valence-electron chi connectivity index (χ2n) is 6.43. The molecule has 0 N–H and O–H groups in total. The SMILES string of the molecule is COc1ccc(/C=C/C=C(\c2ccccc2)c2[o+]c(-c3ccccc3)cs2)cc1. The molecule has 4 aromatic rings. The number of hydrogen-bond donors (Lipinski definition) is 0.